The first-order valence-corrected chi connectivity index (χ1v) is 6.51. The third-order valence-corrected chi connectivity index (χ3v) is 3.47. The van der Waals surface area contributed by atoms with Crippen molar-refractivity contribution >= 4 is 11.6 Å². The van der Waals surface area contributed by atoms with E-state index in [1.54, 1.807) is 24.5 Å². The highest BCUT2D eigenvalue weighted by atomic mass is 35.5. The lowest BCUT2D eigenvalue weighted by Crippen LogP contribution is -2.20. The van der Waals surface area contributed by atoms with Gasteiger partial charge in [0.05, 0.1) is 0 Å². The first kappa shape index (κ1) is 14.0. The van der Waals surface area contributed by atoms with E-state index in [0.717, 1.165) is 11.1 Å². The minimum atomic E-state index is -0.270. The van der Waals surface area contributed by atoms with Crippen LogP contribution in [-0.4, -0.2) is 12.0 Å². The van der Waals surface area contributed by atoms with E-state index in [0.29, 0.717) is 17.0 Å². The van der Waals surface area contributed by atoms with Crippen LogP contribution in [-0.2, 0) is 6.42 Å². The molecule has 1 N–H and O–H groups in total. The summed E-state index contributed by atoms with van der Waals surface area (Å²) in [5.41, 5.74) is 2.64. The maximum Gasteiger partial charge on any atom is 0.127 e. The van der Waals surface area contributed by atoms with Crippen molar-refractivity contribution in [2.45, 2.75) is 19.4 Å². The van der Waals surface area contributed by atoms with Crippen LogP contribution < -0.4 is 5.32 Å². The fourth-order valence-corrected chi connectivity index (χ4v) is 2.33. The van der Waals surface area contributed by atoms with Gasteiger partial charge in [-0.25, -0.2) is 4.39 Å². The molecule has 100 valence electrons. The van der Waals surface area contributed by atoms with Gasteiger partial charge in [-0.3, -0.25) is 4.98 Å². The van der Waals surface area contributed by atoms with Crippen molar-refractivity contribution in [2.24, 2.45) is 0 Å². The van der Waals surface area contributed by atoms with Crippen LogP contribution in [0, 0.1) is 12.7 Å². The zero-order valence-electron chi connectivity index (χ0n) is 11.0. The fraction of sp³-hybridized carbons (Fsp3) is 0.267. The third-order valence-electron chi connectivity index (χ3n) is 3.12. The fourth-order valence-electron chi connectivity index (χ4n) is 2.09. The summed E-state index contributed by atoms with van der Waals surface area (Å²) in [6.07, 6.45) is 4.09. The third kappa shape index (κ3) is 3.31. The summed E-state index contributed by atoms with van der Waals surface area (Å²) < 4.78 is 13.8. The molecular weight excluding hydrogens is 263 g/mol. The molecule has 1 aromatic carbocycles. The molecule has 0 saturated carbocycles. The predicted molar refractivity (Wildman–Crippen MR) is 75.9 cm³/mol. The van der Waals surface area contributed by atoms with E-state index in [-0.39, 0.29) is 11.9 Å². The molecule has 19 heavy (non-hydrogen) atoms. The first-order chi connectivity index (χ1) is 9.11. The lowest BCUT2D eigenvalue weighted by atomic mass is 9.99. The summed E-state index contributed by atoms with van der Waals surface area (Å²) in [7, 11) is 1.85. The largest absolute Gasteiger partial charge is 0.313 e. The number of benzene rings is 1. The molecule has 0 fully saturated rings. The Balaban J connectivity index is 2.29. The molecule has 0 aliphatic heterocycles. The number of aryl methyl sites for hydroxylation is 1. The zero-order valence-corrected chi connectivity index (χ0v) is 11.7. The van der Waals surface area contributed by atoms with Crippen molar-refractivity contribution in [3.63, 3.8) is 0 Å². The number of pyridine rings is 1. The Kier molecular flexibility index (Phi) is 4.51. The number of likely N-dealkylation sites (N-methyl/N-ethyl adjacent to an activating group) is 1. The summed E-state index contributed by atoms with van der Waals surface area (Å²) >= 11 is 6.07. The topological polar surface area (TPSA) is 24.9 Å². The van der Waals surface area contributed by atoms with Crippen molar-refractivity contribution in [1.82, 2.24) is 10.3 Å². The molecule has 0 bridgehead atoms. The molecule has 0 radical (unpaired) electrons. The summed E-state index contributed by atoms with van der Waals surface area (Å²) in [4.78, 5) is 4.17. The van der Waals surface area contributed by atoms with E-state index in [1.165, 1.54) is 6.07 Å². The number of hydrogen-bond acceptors (Lipinski definition) is 2. The average molecular weight is 279 g/mol. The van der Waals surface area contributed by atoms with Crippen LogP contribution in [0.3, 0.4) is 0 Å². The molecular formula is C15H16ClFN2. The van der Waals surface area contributed by atoms with Crippen LogP contribution in [0.4, 0.5) is 4.39 Å². The van der Waals surface area contributed by atoms with Crippen molar-refractivity contribution in [3.8, 4) is 0 Å². The Morgan fingerprint density at radius 3 is 2.79 bits per heavy atom. The highest BCUT2D eigenvalue weighted by Gasteiger charge is 2.15. The summed E-state index contributed by atoms with van der Waals surface area (Å²) in [6, 6.07) is 6.79. The van der Waals surface area contributed by atoms with Gasteiger partial charge in [0.2, 0.25) is 0 Å². The Morgan fingerprint density at radius 2 is 2.16 bits per heavy atom. The number of aromatic nitrogens is 1. The first-order valence-electron chi connectivity index (χ1n) is 6.13. The van der Waals surface area contributed by atoms with E-state index in [4.69, 9.17) is 11.6 Å². The van der Waals surface area contributed by atoms with Crippen LogP contribution in [0.1, 0.15) is 22.7 Å². The molecule has 0 saturated heterocycles. The Hall–Kier alpha value is -1.45. The zero-order chi connectivity index (χ0) is 13.8. The molecule has 2 aromatic rings. The second-order valence-electron chi connectivity index (χ2n) is 4.54. The van der Waals surface area contributed by atoms with Crippen LogP contribution in [0.5, 0.6) is 0 Å². The molecule has 0 aliphatic carbocycles. The maximum absolute atomic E-state index is 13.8. The molecule has 0 aliphatic rings. The number of halogens is 2. The molecule has 2 rings (SSSR count). The van der Waals surface area contributed by atoms with Gasteiger partial charge in [-0.15, -0.1) is 0 Å². The van der Waals surface area contributed by atoms with Gasteiger partial charge < -0.3 is 5.32 Å². The lowest BCUT2D eigenvalue weighted by Gasteiger charge is -2.18. The van der Waals surface area contributed by atoms with Crippen molar-refractivity contribution < 1.29 is 4.39 Å². The van der Waals surface area contributed by atoms with Crippen molar-refractivity contribution in [2.75, 3.05) is 7.05 Å². The number of nitrogens with one attached hydrogen (secondary N) is 1. The molecule has 0 amide bonds. The molecule has 0 spiro atoms. The molecule has 1 unspecified atom stereocenters. The van der Waals surface area contributed by atoms with Crippen LogP contribution in [0.15, 0.2) is 36.7 Å². The van der Waals surface area contributed by atoms with Gasteiger partial charge in [-0.2, -0.15) is 0 Å². The smallest absolute Gasteiger partial charge is 0.127 e. The normalized spacial score (nSPS) is 12.4. The highest BCUT2D eigenvalue weighted by Crippen LogP contribution is 2.25. The standard InChI is InChI=1S/C15H16ClFN2/c1-10-6-11(9-19-8-10)15(18-2)7-12-13(16)4-3-5-14(12)17/h3-6,8-9,15,18H,7H2,1-2H3. The Labute approximate surface area is 117 Å². The van der Waals surface area contributed by atoms with E-state index in [2.05, 4.69) is 10.3 Å². The van der Waals surface area contributed by atoms with Gasteiger partial charge in [-0.05, 0) is 43.7 Å². The second kappa shape index (κ2) is 6.13. The van der Waals surface area contributed by atoms with Gasteiger partial charge in [0.25, 0.3) is 0 Å². The van der Waals surface area contributed by atoms with E-state index in [1.807, 2.05) is 20.0 Å². The number of nitrogens with zero attached hydrogens (tertiary/aromatic N) is 1. The van der Waals surface area contributed by atoms with Gasteiger partial charge in [0, 0.05) is 29.0 Å². The van der Waals surface area contributed by atoms with Gasteiger partial charge >= 0.3 is 0 Å². The van der Waals surface area contributed by atoms with Crippen molar-refractivity contribution in [1.29, 1.82) is 0 Å². The Bertz CT molecular complexity index is 552. The van der Waals surface area contributed by atoms with Gasteiger partial charge in [0.1, 0.15) is 5.82 Å². The maximum atomic E-state index is 13.8. The second-order valence-corrected chi connectivity index (χ2v) is 4.95. The summed E-state index contributed by atoms with van der Waals surface area (Å²) in [6.45, 7) is 1.99. The molecule has 1 heterocycles. The van der Waals surface area contributed by atoms with Crippen LogP contribution >= 0.6 is 11.6 Å². The van der Waals surface area contributed by atoms with Gasteiger partial charge in [-0.1, -0.05) is 23.7 Å². The molecule has 1 atom stereocenters. The van der Waals surface area contributed by atoms with E-state index < -0.39 is 0 Å². The minimum Gasteiger partial charge on any atom is -0.313 e. The SMILES string of the molecule is CNC(Cc1c(F)cccc1Cl)c1cncc(C)c1. The predicted octanol–water partition coefficient (Wildman–Crippen LogP) is 3.69. The molecule has 1 aromatic heterocycles. The lowest BCUT2D eigenvalue weighted by molar-refractivity contribution is 0.553. The number of hydrogen-bond donors (Lipinski definition) is 1. The highest BCUT2D eigenvalue weighted by molar-refractivity contribution is 6.31. The van der Waals surface area contributed by atoms with E-state index in [9.17, 15) is 4.39 Å². The summed E-state index contributed by atoms with van der Waals surface area (Å²) in [5.74, 6) is -0.270. The quantitative estimate of drug-likeness (QED) is 0.923. The summed E-state index contributed by atoms with van der Waals surface area (Å²) in [5, 5.41) is 3.64. The molecule has 4 heteroatoms. The van der Waals surface area contributed by atoms with Crippen LogP contribution in [0.2, 0.25) is 5.02 Å². The Morgan fingerprint density at radius 1 is 1.37 bits per heavy atom. The minimum absolute atomic E-state index is 0.0122. The number of rotatable bonds is 4. The monoisotopic (exact) mass is 278 g/mol. The average Bonchev–Trinajstić information content (AvgIpc) is 2.38. The van der Waals surface area contributed by atoms with Gasteiger partial charge in [0.15, 0.2) is 0 Å². The molecule has 2 nitrogen and oxygen atoms in total. The van der Waals surface area contributed by atoms with Crippen molar-refractivity contribution in [3.05, 3.63) is 64.2 Å². The van der Waals surface area contributed by atoms with Crippen LogP contribution in [0.25, 0.3) is 0 Å². The van der Waals surface area contributed by atoms with E-state index >= 15 is 0 Å².